The van der Waals surface area contributed by atoms with E-state index in [1.807, 2.05) is 0 Å². The number of anilines is 1. The smallest absolute Gasteiger partial charge is 0.338 e. The predicted molar refractivity (Wildman–Crippen MR) is 68.6 cm³/mol. The second-order valence-electron chi connectivity index (χ2n) is 6.16. The molecule has 2 N–H and O–H groups in total. The molecule has 4 rings (SSSR count). The summed E-state index contributed by atoms with van der Waals surface area (Å²) in [6.07, 6.45) is 4.10. The lowest BCUT2D eigenvalue weighted by Crippen LogP contribution is -2.13. The molecule has 0 spiro atoms. The van der Waals surface area contributed by atoms with Gasteiger partial charge in [-0.2, -0.15) is 0 Å². The number of hydrogen-bond donors (Lipinski definition) is 2. The highest BCUT2D eigenvalue weighted by molar-refractivity contribution is 5.88. The Morgan fingerprint density at radius 1 is 1.26 bits per heavy atom. The van der Waals surface area contributed by atoms with Crippen LogP contribution in [0.25, 0.3) is 0 Å². The lowest BCUT2D eigenvalue weighted by molar-refractivity contribution is 0.0692. The van der Waals surface area contributed by atoms with E-state index < -0.39 is 11.8 Å². The minimum atomic E-state index is -1.22. The number of carboxylic acid groups (broad SMARTS) is 1. The van der Waals surface area contributed by atoms with E-state index in [-0.39, 0.29) is 5.56 Å². The summed E-state index contributed by atoms with van der Waals surface area (Å²) in [5.74, 6) is 1.42. The van der Waals surface area contributed by atoms with Crippen molar-refractivity contribution >= 4 is 11.7 Å². The highest BCUT2D eigenvalue weighted by Crippen LogP contribution is 2.66. The molecule has 0 aliphatic heterocycles. The van der Waals surface area contributed by atoms with E-state index in [0.29, 0.717) is 11.7 Å². The number of fused-ring (bicyclic) bond motifs is 5. The molecule has 4 heteroatoms. The molecule has 3 fully saturated rings. The summed E-state index contributed by atoms with van der Waals surface area (Å²) in [6.45, 7) is 0. The van der Waals surface area contributed by atoms with Crippen molar-refractivity contribution in [1.82, 2.24) is 0 Å². The maximum Gasteiger partial charge on any atom is 0.338 e. The number of benzene rings is 1. The molecular formula is C15H16FNO2. The maximum atomic E-state index is 13.6. The van der Waals surface area contributed by atoms with Gasteiger partial charge in [-0.25, -0.2) is 9.18 Å². The molecule has 2 bridgehead atoms. The normalized spacial score (nSPS) is 38.1. The number of nitrogens with one attached hydrogen (secondary N) is 1. The van der Waals surface area contributed by atoms with Gasteiger partial charge in [0.15, 0.2) is 0 Å². The third kappa shape index (κ3) is 1.58. The first kappa shape index (κ1) is 11.3. The molecule has 0 saturated heterocycles. The van der Waals surface area contributed by atoms with Gasteiger partial charge < -0.3 is 10.4 Å². The Labute approximate surface area is 110 Å². The van der Waals surface area contributed by atoms with Crippen molar-refractivity contribution in [3.63, 3.8) is 0 Å². The Morgan fingerprint density at radius 3 is 2.53 bits per heavy atom. The van der Waals surface area contributed by atoms with Crippen molar-refractivity contribution in [3.05, 3.63) is 29.6 Å². The van der Waals surface area contributed by atoms with Crippen LogP contribution in [0.4, 0.5) is 10.1 Å². The van der Waals surface area contributed by atoms with Gasteiger partial charge in [0.1, 0.15) is 5.82 Å². The predicted octanol–water partition coefficient (Wildman–Crippen LogP) is 2.98. The third-order valence-corrected chi connectivity index (χ3v) is 5.27. The molecule has 4 atom stereocenters. The van der Waals surface area contributed by atoms with Crippen molar-refractivity contribution in [2.45, 2.75) is 25.3 Å². The second kappa shape index (κ2) is 3.71. The lowest BCUT2D eigenvalue weighted by atomic mass is 10.0. The van der Waals surface area contributed by atoms with Crippen molar-refractivity contribution in [2.24, 2.45) is 23.7 Å². The number of carbonyl (C=O) groups is 1. The fraction of sp³-hybridized carbons (Fsp3) is 0.533. The third-order valence-electron chi connectivity index (χ3n) is 5.27. The molecule has 0 aromatic heterocycles. The summed E-state index contributed by atoms with van der Waals surface area (Å²) >= 11 is 0. The van der Waals surface area contributed by atoms with Gasteiger partial charge in [-0.15, -0.1) is 0 Å². The zero-order valence-corrected chi connectivity index (χ0v) is 10.5. The van der Waals surface area contributed by atoms with Crippen molar-refractivity contribution in [2.75, 3.05) is 5.32 Å². The Balaban J connectivity index is 1.50. The van der Waals surface area contributed by atoms with Gasteiger partial charge in [0.2, 0.25) is 0 Å². The quantitative estimate of drug-likeness (QED) is 0.879. The van der Waals surface area contributed by atoms with Crippen LogP contribution in [0.2, 0.25) is 0 Å². The highest BCUT2D eigenvalue weighted by atomic mass is 19.1. The van der Waals surface area contributed by atoms with Crippen LogP contribution < -0.4 is 5.32 Å². The Hall–Kier alpha value is -1.58. The molecule has 3 aliphatic carbocycles. The summed E-state index contributed by atoms with van der Waals surface area (Å²) in [4.78, 5) is 10.8. The number of rotatable bonds is 3. The summed E-state index contributed by atoms with van der Waals surface area (Å²) in [6, 6.07) is 4.80. The van der Waals surface area contributed by atoms with E-state index >= 15 is 0 Å². The fourth-order valence-corrected chi connectivity index (χ4v) is 4.49. The monoisotopic (exact) mass is 261 g/mol. The van der Waals surface area contributed by atoms with Gasteiger partial charge in [0, 0.05) is 11.7 Å². The molecule has 3 nitrogen and oxygen atoms in total. The molecule has 1 aromatic carbocycles. The van der Waals surface area contributed by atoms with Gasteiger partial charge in [-0.05, 0) is 61.1 Å². The van der Waals surface area contributed by atoms with E-state index in [1.54, 1.807) is 6.07 Å². The van der Waals surface area contributed by atoms with Gasteiger partial charge in [-0.1, -0.05) is 0 Å². The molecule has 19 heavy (non-hydrogen) atoms. The molecule has 1 aromatic rings. The van der Waals surface area contributed by atoms with E-state index in [0.717, 1.165) is 23.7 Å². The molecule has 0 heterocycles. The molecule has 3 saturated carbocycles. The minimum absolute atomic E-state index is 0.262. The van der Waals surface area contributed by atoms with Crippen molar-refractivity contribution < 1.29 is 14.3 Å². The van der Waals surface area contributed by atoms with Gasteiger partial charge >= 0.3 is 5.97 Å². The highest BCUT2D eigenvalue weighted by Gasteiger charge is 2.64. The van der Waals surface area contributed by atoms with Crippen LogP contribution in [-0.2, 0) is 0 Å². The molecule has 4 unspecified atom stereocenters. The average Bonchev–Trinajstić information content (AvgIpc) is 2.78. The standard InChI is InChI=1S/C15H16FNO2/c16-11-6-9(3-4-10(11)15(18)19)17-14-12-7-1-2-8(5-7)13(12)14/h3-4,6-8,12-14,17H,1-2,5H2,(H,18,19). The summed E-state index contributed by atoms with van der Waals surface area (Å²) in [5, 5.41) is 12.2. The minimum Gasteiger partial charge on any atom is -0.478 e. The summed E-state index contributed by atoms with van der Waals surface area (Å²) in [5.41, 5.74) is 0.447. The van der Waals surface area contributed by atoms with E-state index in [1.165, 1.54) is 31.4 Å². The van der Waals surface area contributed by atoms with Crippen LogP contribution in [-0.4, -0.2) is 17.1 Å². The lowest BCUT2D eigenvalue weighted by Gasteiger charge is -2.12. The first-order chi connectivity index (χ1) is 9.15. The molecular weight excluding hydrogens is 245 g/mol. The van der Waals surface area contributed by atoms with Crippen LogP contribution >= 0.6 is 0 Å². The SMILES string of the molecule is O=C(O)c1ccc(NC2C3C4CCC(C4)C23)cc1F. The number of halogens is 1. The molecule has 0 amide bonds. The van der Waals surface area contributed by atoms with E-state index in [9.17, 15) is 9.18 Å². The van der Waals surface area contributed by atoms with Gasteiger partial charge in [-0.3, -0.25) is 0 Å². The Bertz CT molecular complexity index is 543. The van der Waals surface area contributed by atoms with Crippen LogP contribution in [0.3, 0.4) is 0 Å². The van der Waals surface area contributed by atoms with E-state index in [4.69, 9.17) is 5.11 Å². The Morgan fingerprint density at radius 2 is 1.95 bits per heavy atom. The summed E-state index contributed by atoms with van der Waals surface area (Å²) < 4.78 is 13.6. The van der Waals surface area contributed by atoms with Crippen molar-refractivity contribution in [1.29, 1.82) is 0 Å². The zero-order chi connectivity index (χ0) is 13.1. The fourth-order valence-electron chi connectivity index (χ4n) is 4.49. The van der Waals surface area contributed by atoms with Crippen molar-refractivity contribution in [3.8, 4) is 0 Å². The van der Waals surface area contributed by atoms with Gasteiger partial charge in [0.25, 0.3) is 0 Å². The largest absolute Gasteiger partial charge is 0.478 e. The van der Waals surface area contributed by atoms with Crippen LogP contribution in [0.5, 0.6) is 0 Å². The molecule has 0 radical (unpaired) electrons. The van der Waals surface area contributed by atoms with Crippen LogP contribution in [0.15, 0.2) is 18.2 Å². The number of carboxylic acids is 1. The summed E-state index contributed by atoms with van der Waals surface area (Å²) in [7, 11) is 0. The zero-order valence-electron chi connectivity index (χ0n) is 10.5. The van der Waals surface area contributed by atoms with Crippen LogP contribution in [0.1, 0.15) is 29.6 Å². The molecule has 100 valence electrons. The van der Waals surface area contributed by atoms with Crippen LogP contribution in [0, 0.1) is 29.5 Å². The first-order valence-corrected chi connectivity index (χ1v) is 6.94. The average molecular weight is 261 g/mol. The first-order valence-electron chi connectivity index (χ1n) is 6.94. The Kier molecular flexibility index (Phi) is 2.20. The number of aromatic carboxylic acids is 1. The second-order valence-corrected chi connectivity index (χ2v) is 6.16. The number of hydrogen-bond acceptors (Lipinski definition) is 2. The topological polar surface area (TPSA) is 49.3 Å². The maximum absolute atomic E-state index is 13.6. The van der Waals surface area contributed by atoms with E-state index in [2.05, 4.69) is 5.32 Å². The molecule has 3 aliphatic rings. The van der Waals surface area contributed by atoms with Gasteiger partial charge in [0.05, 0.1) is 5.56 Å².